The number of rotatable bonds is 3. The van der Waals surface area contributed by atoms with Gasteiger partial charge < -0.3 is 10.4 Å². The van der Waals surface area contributed by atoms with Gasteiger partial charge in [-0.3, -0.25) is 9.59 Å². The van der Waals surface area contributed by atoms with E-state index in [-0.39, 0.29) is 23.8 Å². The van der Waals surface area contributed by atoms with E-state index < -0.39 is 5.97 Å². The number of fused-ring (bicyclic) bond motifs is 1. The van der Waals surface area contributed by atoms with Crippen LogP contribution in [0, 0.1) is 5.92 Å². The zero-order chi connectivity index (χ0) is 13.4. The van der Waals surface area contributed by atoms with Crippen molar-refractivity contribution in [1.82, 2.24) is 5.32 Å². The van der Waals surface area contributed by atoms with E-state index in [1.807, 2.05) is 18.2 Å². The zero-order valence-corrected chi connectivity index (χ0v) is 10.6. The van der Waals surface area contributed by atoms with Crippen molar-refractivity contribution in [3.8, 4) is 0 Å². The molecule has 0 heterocycles. The number of benzene rings is 1. The smallest absolute Gasteiger partial charge is 0.306 e. The lowest BCUT2D eigenvalue weighted by molar-refractivity contribution is -0.141. The van der Waals surface area contributed by atoms with E-state index in [0.717, 1.165) is 18.4 Å². The fraction of sp³-hybridized carbons (Fsp3) is 0.467. The summed E-state index contributed by atoms with van der Waals surface area (Å²) in [6, 6.07) is 8.02. The summed E-state index contributed by atoms with van der Waals surface area (Å²) in [6.45, 7) is 0. The highest BCUT2D eigenvalue weighted by atomic mass is 16.4. The van der Waals surface area contributed by atoms with Crippen LogP contribution in [0.1, 0.15) is 36.3 Å². The van der Waals surface area contributed by atoms with E-state index in [1.165, 1.54) is 5.56 Å². The summed E-state index contributed by atoms with van der Waals surface area (Å²) in [6.07, 6.45) is 2.81. The molecule has 19 heavy (non-hydrogen) atoms. The van der Waals surface area contributed by atoms with Crippen LogP contribution in [-0.4, -0.2) is 23.0 Å². The Bertz CT molecular complexity index is 526. The Labute approximate surface area is 111 Å². The van der Waals surface area contributed by atoms with E-state index in [1.54, 1.807) is 0 Å². The van der Waals surface area contributed by atoms with Crippen LogP contribution in [-0.2, 0) is 16.0 Å². The molecule has 1 fully saturated rings. The highest BCUT2D eigenvalue weighted by Gasteiger charge is 2.35. The number of hydrogen-bond donors (Lipinski definition) is 2. The van der Waals surface area contributed by atoms with Crippen LogP contribution < -0.4 is 5.32 Å². The van der Waals surface area contributed by atoms with Crippen LogP contribution in [0.5, 0.6) is 0 Å². The second-order valence-electron chi connectivity index (χ2n) is 5.51. The van der Waals surface area contributed by atoms with Gasteiger partial charge in [-0.05, 0) is 36.8 Å². The average Bonchev–Trinajstić information content (AvgIpc) is 2.79. The van der Waals surface area contributed by atoms with Crippen molar-refractivity contribution in [1.29, 1.82) is 0 Å². The molecule has 1 saturated carbocycles. The van der Waals surface area contributed by atoms with E-state index in [2.05, 4.69) is 11.4 Å². The molecule has 0 radical (unpaired) electrons. The molecular formula is C15H17NO3. The van der Waals surface area contributed by atoms with Gasteiger partial charge in [0.25, 0.3) is 0 Å². The van der Waals surface area contributed by atoms with Crippen molar-refractivity contribution in [3.05, 3.63) is 35.4 Å². The Hall–Kier alpha value is -1.84. The van der Waals surface area contributed by atoms with Crippen LogP contribution in [0.4, 0.5) is 0 Å². The number of nitrogens with one attached hydrogen (secondary N) is 1. The van der Waals surface area contributed by atoms with Gasteiger partial charge in [0.15, 0.2) is 0 Å². The van der Waals surface area contributed by atoms with Crippen LogP contribution in [0.25, 0.3) is 0 Å². The summed E-state index contributed by atoms with van der Waals surface area (Å²) in [5, 5.41) is 12.0. The predicted octanol–water partition coefficient (Wildman–Crippen LogP) is 1.70. The first-order chi connectivity index (χ1) is 9.15. The normalized spacial score (nSPS) is 28.3. The third-order valence-corrected chi connectivity index (χ3v) is 4.30. The fourth-order valence-electron chi connectivity index (χ4n) is 3.13. The molecule has 0 spiro atoms. The largest absolute Gasteiger partial charge is 0.481 e. The lowest BCUT2D eigenvalue weighted by Gasteiger charge is -2.30. The second kappa shape index (κ2) is 4.68. The topological polar surface area (TPSA) is 66.4 Å². The Balaban J connectivity index is 1.58. The van der Waals surface area contributed by atoms with Gasteiger partial charge in [0.05, 0.1) is 11.8 Å². The van der Waals surface area contributed by atoms with Gasteiger partial charge in [0.1, 0.15) is 0 Å². The first-order valence-electron chi connectivity index (χ1n) is 6.76. The standard InChI is InChI=1S/C15H17NO3/c17-14(13-8-9-3-1-2-4-12(9)13)16-11-6-5-10(7-11)15(18)19/h1-4,10-11,13H,5-8H2,(H,16,17)(H,18,19)/t10-,11+,13?/m1/s1. The maximum absolute atomic E-state index is 12.2. The molecular weight excluding hydrogens is 242 g/mol. The summed E-state index contributed by atoms with van der Waals surface area (Å²) in [4.78, 5) is 23.0. The molecule has 2 aliphatic carbocycles. The maximum Gasteiger partial charge on any atom is 0.306 e. The molecule has 2 aliphatic rings. The van der Waals surface area contributed by atoms with Crippen molar-refractivity contribution >= 4 is 11.9 Å². The lowest BCUT2D eigenvalue weighted by Crippen LogP contribution is -2.40. The van der Waals surface area contributed by atoms with Crippen LogP contribution in [0.15, 0.2) is 24.3 Å². The Morgan fingerprint density at radius 1 is 1.21 bits per heavy atom. The lowest BCUT2D eigenvalue weighted by atomic mass is 9.77. The summed E-state index contributed by atoms with van der Waals surface area (Å²) in [5.74, 6) is -1.03. The van der Waals surface area contributed by atoms with Crippen molar-refractivity contribution in [3.63, 3.8) is 0 Å². The third kappa shape index (κ3) is 2.23. The van der Waals surface area contributed by atoms with Gasteiger partial charge in [0.2, 0.25) is 5.91 Å². The van der Waals surface area contributed by atoms with E-state index in [0.29, 0.717) is 12.8 Å². The maximum atomic E-state index is 12.2. The minimum atomic E-state index is -0.745. The van der Waals surface area contributed by atoms with Crippen molar-refractivity contribution in [2.24, 2.45) is 5.92 Å². The number of carbonyl (C=O) groups excluding carboxylic acids is 1. The molecule has 3 atom stereocenters. The van der Waals surface area contributed by atoms with Crippen molar-refractivity contribution in [2.75, 3.05) is 0 Å². The van der Waals surface area contributed by atoms with Gasteiger partial charge in [-0.2, -0.15) is 0 Å². The number of carboxylic acid groups (broad SMARTS) is 1. The highest BCUT2D eigenvalue weighted by Crippen LogP contribution is 2.35. The van der Waals surface area contributed by atoms with Gasteiger partial charge >= 0.3 is 5.97 Å². The first-order valence-corrected chi connectivity index (χ1v) is 6.76. The third-order valence-electron chi connectivity index (χ3n) is 4.30. The first kappa shape index (κ1) is 12.2. The summed E-state index contributed by atoms with van der Waals surface area (Å²) in [7, 11) is 0. The molecule has 0 saturated heterocycles. The molecule has 0 bridgehead atoms. The molecule has 2 N–H and O–H groups in total. The number of aliphatic carboxylic acids is 1. The minimum absolute atomic E-state index is 0.0290. The van der Waals surface area contributed by atoms with Crippen molar-refractivity contribution < 1.29 is 14.7 Å². The molecule has 1 aromatic rings. The van der Waals surface area contributed by atoms with E-state index >= 15 is 0 Å². The molecule has 0 aromatic heterocycles. The molecule has 1 aromatic carbocycles. The monoisotopic (exact) mass is 259 g/mol. The van der Waals surface area contributed by atoms with Gasteiger partial charge in [-0.25, -0.2) is 0 Å². The number of carbonyl (C=O) groups is 2. The summed E-state index contributed by atoms with van der Waals surface area (Å²) >= 11 is 0. The van der Waals surface area contributed by atoms with Crippen LogP contribution >= 0.6 is 0 Å². The molecule has 3 rings (SSSR count). The van der Waals surface area contributed by atoms with Gasteiger partial charge in [-0.15, -0.1) is 0 Å². The molecule has 1 amide bonds. The van der Waals surface area contributed by atoms with Crippen LogP contribution in [0.2, 0.25) is 0 Å². The highest BCUT2D eigenvalue weighted by molar-refractivity contribution is 5.87. The molecule has 4 nitrogen and oxygen atoms in total. The van der Waals surface area contributed by atoms with Crippen LogP contribution in [0.3, 0.4) is 0 Å². The average molecular weight is 259 g/mol. The van der Waals surface area contributed by atoms with Gasteiger partial charge in [-0.1, -0.05) is 24.3 Å². The SMILES string of the molecule is O=C(N[C@H]1CC[C@@H](C(=O)O)C1)C1Cc2ccccc21. The molecule has 4 heteroatoms. The molecule has 100 valence electrons. The Kier molecular flexibility index (Phi) is 3.01. The van der Waals surface area contributed by atoms with E-state index in [4.69, 9.17) is 5.11 Å². The summed E-state index contributed by atoms with van der Waals surface area (Å²) in [5.41, 5.74) is 2.37. The van der Waals surface area contributed by atoms with Gasteiger partial charge in [0, 0.05) is 6.04 Å². The summed E-state index contributed by atoms with van der Waals surface area (Å²) < 4.78 is 0. The predicted molar refractivity (Wildman–Crippen MR) is 69.8 cm³/mol. The fourth-order valence-corrected chi connectivity index (χ4v) is 3.13. The Morgan fingerprint density at radius 3 is 2.68 bits per heavy atom. The number of amides is 1. The molecule has 0 aliphatic heterocycles. The molecule has 1 unspecified atom stereocenters. The Morgan fingerprint density at radius 2 is 2.00 bits per heavy atom. The quantitative estimate of drug-likeness (QED) is 0.868. The zero-order valence-electron chi connectivity index (χ0n) is 10.6. The second-order valence-corrected chi connectivity index (χ2v) is 5.51. The number of carboxylic acids is 1. The minimum Gasteiger partial charge on any atom is -0.481 e. The van der Waals surface area contributed by atoms with E-state index in [9.17, 15) is 9.59 Å². The number of hydrogen-bond acceptors (Lipinski definition) is 2. The van der Waals surface area contributed by atoms with Crippen molar-refractivity contribution in [2.45, 2.75) is 37.6 Å².